The summed E-state index contributed by atoms with van der Waals surface area (Å²) < 4.78 is 0. The van der Waals surface area contributed by atoms with E-state index in [0.717, 1.165) is 0 Å². The summed E-state index contributed by atoms with van der Waals surface area (Å²) >= 11 is 0. The summed E-state index contributed by atoms with van der Waals surface area (Å²) in [4.78, 5) is 0. The van der Waals surface area contributed by atoms with Crippen LogP contribution < -0.4 is 0 Å². The van der Waals surface area contributed by atoms with E-state index in [1.54, 1.807) is 0 Å². The standard InChI is InChI=1S/C6H14O6/c7-1-4(2-8)5(3-9)6(10,11)12/h4-5,7-12H,1-3H2. The molecule has 6 N–H and O–H groups in total. The third-order valence-electron chi connectivity index (χ3n) is 1.73. The number of aliphatic hydroxyl groups excluding tert-OH is 3. The van der Waals surface area contributed by atoms with Crippen LogP contribution in [0.5, 0.6) is 0 Å². The molecule has 0 radical (unpaired) electrons. The number of hydrogen-bond acceptors (Lipinski definition) is 6. The first-order chi connectivity index (χ1) is 5.47. The van der Waals surface area contributed by atoms with E-state index < -0.39 is 37.6 Å². The fourth-order valence-corrected chi connectivity index (χ4v) is 0.900. The van der Waals surface area contributed by atoms with Gasteiger partial charge in [0.15, 0.2) is 0 Å². The first kappa shape index (κ1) is 11.8. The summed E-state index contributed by atoms with van der Waals surface area (Å²) in [6, 6.07) is 0. The van der Waals surface area contributed by atoms with Crippen molar-refractivity contribution in [2.24, 2.45) is 11.8 Å². The second-order valence-electron chi connectivity index (χ2n) is 2.60. The molecule has 1 atom stereocenters. The molecule has 6 nitrogen and oxygen atoms in total. The molecule has 0 fully saturated rings. The average molecular weight is 182 g/mol. The van der Waals surface area contributed by atoms with E-state index in [9.17, 15) is 0 Å². The molecule has 0 heterocycles. The van der Waals surface area contributed by atoms with Gasteiger partial charge in [-0.2, -0.15) is 0 Å². The van der Waals surface area contributed by atoms with Crippen LogP contribution in [0.3, 0.4) is 0 Å². The summed E-state index contributed by atoms with van der Waals surface area (Å²) in [6.07, 6.45) is 0. The third kappa shape index (κ3) is 3.02. The second-order valence-corrected chi connectivity index (χ2v) is 2.60. The highest BCUT2D eigenvalue weighted by molar-refractivity contribution is 4.73. The number of rotatable bonds is 5. The van der Waals surface area contributed by atoms with E-state index in [1.807, 2.05) is 0 Å². The molecule has 0 amide bonds. The summed E-state index contributed by atoms with van der Waals surface area (Å²) in [7, 11) is 0. The Bertz CT molecular complexity index is 116. The largest absolute Gasteiger partial charge is 0.396 e. The molecule has 0 aliphatic heterocycles. The predicted molar refractivity (Wildman–Crippen MR) is 37.6 cm³/mol. The minimum atomic E-state index is -3.08. The van der Waals surface area contributed by atoms with Crippen molar-refractivity contribution in [3.05, 3.63) is 0 Å². The van der Waals surface area contributed by atoms with Gasteiger partial charge in [0.1, 0.15) is 0 Å². The van der Waals surface area contributed by atoms with E-state index in [1.165, 1.54) is 0 Å². The molecule has 0 saturated heterocycles. The van der Waals surface area contributed by atoms with E-state index >= 15 is 0 Å². The lowest BCUT2D eigenvalue weighted by molar-refractivity contribution is -0.355. The monoisotopic (exact) mass is 182 g/mol. The zero-order valence-corrected chi connectivity index (χ0v) is 6.46. The van der Waals surface area contributed by atoms with Crippen LogP contribution in [-0.2, 0) is 0 Å². The molecular weight excluding hydrogens is 168 g/mol. The molecule has 0 saturated carbocycles. The van der Waals surface area contributed by atoms with E-state index in [4.69, 9.17) is 30.6 Å². The fourth-order valence-electron chi connectivity index (χ4n) is 0.900. The molecule has 0 spiro atoms. The lowest BCUT2D eigenvalue weighted by Crippen LogP contribution is -2.46. The molecule has 12 heavy (non-hydrogen) atoms. The van der Waals surface area contributed by atoms with Gasteiger partial charge >= 0.3 is 0 Å². The highest BCUT2D eigenvalue weighted by atomic mass is 16.7. The molecule has 0 aliphatic rings. The van der Waals surface area contributed by atoms with Gasteiger partial charge in [-0.05, 0) is 0 Å². The highest BCUT2D eigenvalue weighted by Crippen LogP contribution is 2.20. The van der Waals surface area contributed by atoms with Gasteiger partial charge < -0.3 is 30.6 Å². The maximum absolute atomic E-state index is 8.64. The van der Waals surface area contributed by atoms with E-state index in [-0.39, 0.29) is 0 Å². The number of aliphatic hydroxyl groups is 6. The molecule has 0 bridgehead atoms. The van der Waals surface area contributed by atoms with Crippen molar-refractivity contribution in [3.63, 3.8) is 0 Å². The Balaban J connectivity index is 4.31. The Morgan fingerprint density at radius 3 is 1.33 bits per heavy atom. The maximum Gasteiger partial charge on any atom is 0.281 e. The molecular formula is C6H14O6. The Morgan fingerprint density at radius 1 is 0.833 bits per heavy atom. The molecule has 0 rings (SSSR count). The average Bonchev–Trinajstić information content (AvgIpc) is 1.97. The van der Waals surface area contributed by atoms with Crippen LogP contribution in [0.15, 0.2) is 0 Å². The van der Waals surface area contributed by atoms with Gasteiger partial charge in [-0.25, -0.2) is 0 Å². The fraction of sp³-hybridized carbons (Fsp3) is 1.00. The Labute approximate surface area is 69.3 Å². The molecule has 0 aromatic heterocycles. The molecule has 0 aromatic carbocycles. The highest BCUT2D eigenvalue weighted by Gasteiger charge is 2.37. The van der Waals surface area contributed by atoms with Crippen molar-refractivity contribution in [2.75, 3.05) is 19.8 Å². The Kier molecular flexibility index (Phi) is 4.61. The van der Waals surface area contributed by atoms with Crippen molar-refractivity contribution in [3.8, 4) is 0 Å². The van der Waals surface area contributed by atoms with Crippen molar-refractivity contribution < 1.29 is 30.6 Å². The molecule has 6 heteroatoms. The van der Waals surface area contributed by atoms with Gasteiger partial charge in [0, 0.05) is 19.1 Å². The minimum absolute atomic E-state index is 0.550. The van der Waals surface area contributed by atoms with Gasteiger partial charge in [-0.1, -0.05) is 0 Å². The van der Waals surface area contributed by atoms with Crippen molar-refractivity contribution in [1.82, 2.24) is 0 Å². The van der Waals surface area contributed by atoms with Crippen LogP contribution in [0.4, 0.5) is 0 Å². The summed E-state index contributed by atoms with van der Waals surface area (Å²) in [5.74, 6) is -5.42. The SMILES string of the molecule is OCC(CO)C(CO)C(O)(O)O. The molecule has 0 aliphatic carbocycles. The normalized spacial score (nSPS) is 15.2. The lowest BCUT2D eigenvalue weighted by atomic mass is 9.92. The quantitative estimate of drug-likeness (QED) is 0.249. The van der Waals surface area contributed by atoms with Gasteiger partial charge in [0.25, 0.3) is 5.97 Å². The molecule has 74 valence electrons. The van der Waals surface area contributed by atoms with Gasteiger partial charge in [-0.3, -0.25) is 0 Å². The zero-order chi connectivity index (χ0) is 9.78. The third-order valence-corrected chi connectivity index (χ3v) is 1.73. The van der Waals surface area contributed by atoms with Crippen molar-refractivity contribution in [2.45, 2.75) is 5.97 Å². The number of hydrogen-bond donors (Lipinski definition) is 6. The first-order valence-electron chi connectivity index (χ1n) is 3.47. The van der Waals surface area contributed by atoms with Crippen LogP contribution >= 0.6 is 0 Å². The van der Waals surface area contributed by atoms with E-state index in [2.05, 4.69) is 0 Å². The van der Waals surface area contributed by atoms with Crippen molar-refractivity contribution >= 4 is 0 Å². The maximum atomic E-state index is 8.64. The summed E-state index contributed by atoms with van der Waals surface area (Å²) in [5, 5.41) is 51.7. The van der Waals surface area contributed by atoms with Gasteiger partial charge in [0.05, 0.1) is 12.5 Å². The van der Waals surface area contributed by atoms with E-state index in [0.29, 0.717) is 0 Å². The molecule has 0 aromatic rings. The summed E-state index contributed by atoms with van der Waals surface area (Å²) in [5.41, 5.74) is 0. The smallest absolute Gasteiger partial charge is 0.281 e. The second kappa shape index (κ2) is 4.70. The van der Waals surface area contributed by atoms with Gasteiger partial charge in [-0.15, -0.1) is 0 Å². The predicted octanol–water partition coefficient (Wildman–Crippen LogP) is -3.17. The minimum Gasteiger partial charge on any atom is -0.396 e. The first-order valence-corrected chi connectivity index (χ1v) is 3.47. The van der Waals surface area contributed by atoms with Crippen LogP contribution in [0.1, 0.15) is 0 Å². The van der Waals surface area contributed by atoms with Crippen LogP contribution in [0.25, 0.3) is 0 Å². The zero-order valence-electron chi connectivity index (χ0n) is 6.46. The topological polar surface area (TPSA) is 121 Å². The Hall–Kier alpha value is -0.240. The van der Waals surface area contributed by atoms with Crippen LogP contribution in [0.2, 0.25) is 0 Å². The Morgan fingerprint density at radius 2 is 1.25 bits per heavy atom. The van der Waals surface area contributed by atoms with Crippen molar-refractivity contribution in [1.29, 1.82) is 0 Å². The summed E-state index contributed by atoms with van der Waals surface area (Å²) in [6.45, 7) is -1.84. The van der Waals surface area contributed by atoms with Gasteiger partial charge in [0.2, 0.25) is 0 Å². The lowest BCUT2D eigenvalue weighted by Gasteiger charge is -2.29. The van der Waals surface area contributed by atoms with Crippen LogP contribution in [-0.4, -0.2) is 56.4 Å². The van der Waals surface area contributed by atoms with Crippen LogP contribution in [0, 0.1) is 11.8 Å². The molecule has 1 unspecified atom stereocenters.